The van der Waals surface area contributed by atoms with Crippen LogP contribution in [0, 0.1) is 0 Å². The van der Waals surface area contributed by atoms with Gasteiger partial charge in [0.15, 0.2) is 5.60 Å². The predicted molar refractivity (Wildman–Crippen MR) is 197 cm³/mol. The van der Waals surface area contributed by atoms with Crippen molar-refractivity contribution in [1.82, 2.24) is 5.32 Å². The third-order valence-electron chi connectivity index (χ3n) is 8.84. The Kier molecular flexibility index (Phi) is 10.6. The summed E-state index contributed by atoms with van der Waals surface area (Å²) in [5.41, 5.74) is 3.89. The van der Waals surface area contributed by atoms with Crippen molar-refractivity contribution in [1.29, 1.82) is 0 Å². The van der Waals surface area contributed by atoms with Gasteiger partial charge in [-0.2, -0.15) is 0 Å². The lowest BCUT2D eigenvalue weighted by Gasteiger charge is -2.37. The number of hydrogen-bond donors (Lipinski definition) is 1. The Balaban J connectivity index is 1.31. The molecule has 260 valence electrons. The summed E-state index contributed by atoms with van der Waals surface area (Å²) < 4.78 is 17.9. The Hall–Kier alpha value is -5.40. The number of rotatable bonds is 11. The summed E-state index contributed by atoms with van der Waals surface area (Å²) in [5, 5.41) is 3.10. The molecule has 0 spiro atoms. The zero-order valence-electron chi connectivity index (χ0n) is 28.8. The number of benzene rings is 5. The molecule has 1 atom stereocenters. The maximum Gasteiger partial charge on any atom is 0.407 e. The number of halogens is 1. The van der Waals surface area contributed by atoms with Crippen molar-refractivity contribution in [2.24, 2.45) is 0 Å². The van der Waals surface area contributed by atoms with Crippen LogP contribution < -0.4 is 5.32 Å². The summed E-state index contributed by atoms with van der Waals surface area (Å²) in [7, 11) is 0. The molecule has 0 bridgehead atoms. The molecular weight excluding hydrogens is 662 g/mol. The van der Waals surface area contributed by atoms with Gasteiger partial charge in [0, 0.05) is 34.1 Å². The number of ether oxygens (including phenoxy) is 3. The molecule has 1 aliphatic rings. The smallest absolute Gasteiger partial charge is 0.407 e. The van der Waals surface area contributed by atoms with E-state index < -0.39 is 35.3 Å². The highest BCUT2D eigenvalue weighted by molar-refractivity contribution is 6.31. The van der Waals surface area contributed by atoms with Crippen molar-refractivity contribution >= 4 is 29.6 Å². The van der Waals surface area contributed by atoms with Gasteiger partial charge in [0.2, 0.25) is 0 Å². The van der Waals surface area contributed by atoms with Crippen molar-refractivity contribution in [3.8, 4) is 11.1 Å². The average Bonchev–Trinajstić information content (AvgIpc) is 3.45. The standard InChI is InChI=1S/C43H40ClNO6/c1-42(2,3)50-39(46)27-26-38(45-41(48)49-28-35-33-22-12-10-20-31(33)32-21-11-13-23-34(32)35)40(47)51-43(29-16-6-4-7-17-29,30-18-8-5-9-19-30)36-24-14-15-25-37(36)44/h4-25,35,38H,26-28H2,1-3H3,(H,45,48)/t38-/m0/s1. The van der Waals surface area contributed by atoms with Crippen molar-refractivity contribution < 1.29 is 28.6 Å². The molecule has 0 aliphatic heterocycles. The summed E-state index contributed by atoms with van der Waals surface area (Å²) in [5.74, 6) is -1.47. The Bertz CT molecular complexity index is 1920. The summed E-state index contributed by atoms with van der Waals surface area (Å²) in [6.45, 7) is 5.35. The quantitative estimate of drug-likeness (QED) is 0.0839. The van der Waals surface area contributed by atoms with E-state index in [-0.39, 0.29) is 25.4 Å². The summed E-state index contributed by atoms with van der Waals surface area (Å²) >= 11 is 6.85. The minimum Gasteiger partial charge on any atom is -0.460 e. The first-order valence-electron chi connectivity index (χ1n) is 17.0. The van der Waals surface area contributed by atoms with Crippen LogP contribution >= 0.6 is 11.6 Å². The van der Waals surface area contributed by atoms with Gasteiger partial charge >= 0.3 is 18.0 Å². The fourth-order valence-electron chi connectivity index (χ4n) is 6.65. The van der Waals surface area contributed by atoms with Gasteiger partial charge in [-0.15, -0.1) is 0 Å². The third kappa shape index (κ3) is 7.84. The second kappa shape index (κ2) is 15.2. The van der Waals surface area contributed by atoms with E-state index in [4.69, 9.17) is 25.8 Å². The summed E-state index contributed by atoms with van der Waals surface area (Å²) in [4.78, 5) is 41.0. The third-order valence-corrected chi connectivity index (χ3v) is 9.17. The highest BCUT2D eigenvalue weighted by Gasteiger charge is 2.44. The van der Waals surface area contributed by atoms with Crippen LogP contribution in [0.1, 0.15) is 67.3 Å². The fourth-order valence-corrected chi connectivity index (χ4v) is 6.92. The largest absolute Gasteiger partial charge is 0.460 e. The molecule has 1 amide bonds. The van der Waals surface area contributed by atoms with E-state index in [2.05, 4.69) is 17.4 Å². The van der Waals surface area contributed by atoms with Crippen LogP contribution in [0.4, 0.5) is 4.79 Å². The first-order valence-corrected chi connectivity index (χ1v) is 17.4. The van der Waals surface area contributed by atoms with E-state index >= 15 is 0 Å². The zero-order valence-corrected chi connectivity index (χ0v) is 29.6. The first-order chi connectivity index (χ1) is 24.6. The fraction of sp³-hybridized carbons (Fsp3) is 0.233. The van der Waals surface area contributed by atoms with Gasteiger partial charge in [-0.3, -0.25) is 4.79 Å². The molecule has 5 aromatic rings. The molecule has 0 saturated heterocycles. The van der Waals surface area contributed by atoms with E-state index in [1.54, 1.807) is 32.9 Å². The lowest BCUT2D eigenvalue weighted by Crippen LogP contribution is -2.47. The van der Waals surface area contributed by atoms with E-state index in [0.29, 0.717) is 21.7 Å². The van der Waals surface area contributed by atoms with Gasteiger partial charge in [-0.25, -0.2) is 9.59 Å². The molecule has 5 aromatic carbocycles. The molecule has 0 aromatic heterocycles. The van der Waals surface area contributed by atoms with Crippen LogP contribution in [0.25, 0.3) is 11.1 Å². The van der Waals surface area contributed by atoms with Crippen molar-refractivity contribution in [3.63, 3.8) is 0 Å². The van der Waals surface area contributed by atoms with Gasteiger partial charge in [0.05, 0.1) is 0 Å². The van der Waals surface area contributed by atoms with E-state index in [1.165, 1.54) is 0 Å². The number of fused-ring (bicyclic) bond motifs is 3. The van der Waals surface area contributed by atoms with E-state index in [0.717, 1.165) is 22.3 Å². The maximum absolute atomic E-state index is 14.5. The van der Waals surface area contributed by atoms with E-state index in [9.17, 15) is 14.4 Å². The molecule has 0 saturated carbocycles. The summed E-state index contributed by atoms with van der Waals surface area (Å²) in [6, 6.07) is 40.6. The highest BCUT2D eigenvalue weighted by Crippen LogP contribution is 2.45. The lowest BCUT2D eigenvalue weighted by molar-refractivity contribution is -0.158. The number of hydrogen-bond acceptors (Lipinski definition) is 6. The minimum absolute atomic E-state index is 0.0469. The second-order valence-corrected chi connectivity index (χ2v) is 13.9. The molecule has 0 fully saturated rings. The van der Waals surface area contributed by atoms with Gasteiger partial charge in [-0.05, 0) is 55.5 Å². The van der Waals surface area contributed by atoms with Crippen LogP contribution in [0.5, 0.6) is 0 Å². The molecule has 8 heteroatoms. The molecule has 51 heavy (non-hydrogen) atoms. The van der Waals surface area contributed by atoms with Gasteiger partial charge in [-0.1, -0.05) is 139 Å². The average molecular weight is 702 g/mol. The van der Waals surface area contributed by atoms with Gasteiger partial charge in [0.25, 0.3) is 0 Å². The number of alkyl carbamates (subject to hydrolysis) is 1. The number of carbonyl (C=O) groups excluding carboxylic acids is 3. The van der Waals surface area contributed by atoms with Crippen molar-refractivity contribution in [3.05, 3.63) is 166 Å². The molecular formula is C43H40ClNO6. The molecule has 0 radical (unpaired) electrons. The van der Waals surface area contributed by atoms with Crippen molar-refractivity contribution in [2.45, 2.75) is 56.8 Å². The zero-order chi connectivity index (χ0) is 36.0. The molecule has 1 aliphatic carbocycles. The molecule has 0 unspecified atom stereocenters. The minimum atomic E-state index is -1.51. The van der Waals surface area contributed by atoms with Crippen molar-refractivity contribution in [2.75, 3.05) is 6.61 Å². The Labute approximate surface area is 303 Å². The van der Waals surface area contributed by atoms with Crippen LogP contribution in [0.15, 0.2) is 133 Å². The number of esters is 2. The van der Waals surface area contributed by atoms with Crippen LogP contribution in [0.3, 0.4) is 0 Å². The molecule has 1 N–H and O–H groups in total. The first kappa shape index (κ1) is 35.4. The monoisotopic (exact) mass is 701 g/mol. The Morgan fingerprint density at radius 3 is 1.75 bits per heavy atom. The Morgan fingerprint density at radius 1 is 0.686 bits per heavy atom. The topological polar surface area (TPSA) is 90.9 Å². The molecule has 0 heterocycles. The maximum atomic E-state index is 14.5. The predicted octanol–water partition coefficient (Wildman–Crippen LogP) is 9.20. The number of carbonyl (C=O) groups is 3. The number of nitrogens with one attached hydrogen (secondary N) is 1. The van der Waals surface area contributed by atoms with Crippen LogP contribution in [-0.2, 0) is 29.4 Å². The molecule has 6 rings (SSSR count). The Morgan fingerprint density at radius 2 is 1.20 bits per heavy atom. The van der Waals surface area contributed by atoms with Gasteiger partial charge < -0.3 is 19.5 Å². The second-order valence-electron chi connectivity index (χ2n) is 13.5. The highest BCUT2D eigenvalue weighted by atomic mass is 35.5. The lowest BCUT2D eigenvalue weighted by atomic mass is 9.80. The van der Waals surface area contributed by atoms with Gasteiger partial charge in [0.1, 0.15) is 18.2 Å². The van der Waals surface area contributed by atoms with Crippen LogP contribution in [0.2, 0.25) is 5.02 Å². The molecule has 7 nitrogen and oxygen atoms in total. The summed E-state index contributed by atoms with van der Waals surface area (Å²) in [6.07, 6.45) is -1.07. The van der Waals surface area contributed by atoms with Crippen LogP contribution in [-0.4, -0.2) is 36.3 Å². The normalized spacial score (nSPS) is 13.0. The number of amides is 1. The SMILES string of the molecule is CC(C)(C)OC(=O)CC[C@H](NC(=O)OCC1c2ccccc2-c2ccccc21)C(=O)OC(c1ccccc1)(c1ccccc1)c1ccccc1Cl. The van der Waals surface area contributed by atoms with E-state index in [1.807, 2.05) is 109 Å².